The number of H-pyrrole nitrogens is 2. The van der Waals surface area contributed by atoms with Crippen molar-refractivity contribution < 1.29 is 4.79 Å². The fourth-order valence-corrected chi connectivity index (χ4v) is 3.57. The number of carbonyl (C=O) groups is 1. The molecule has 26 heavy (non-hydrogen) atoms. The predicted octanol–water partition coefficient (Wildman–Crippen LogP) is 1.84. The maximum Gasteiger partial charge on any atom is 0.251 e. The lowest BCUT2D eigenvalue weighted by atomic mass is 9.91. The molecule has 1 saturated heterocycles. The van der Waals surface area contributed by atoms with Crippen molar-refractivity contribution in [3.63, 3.8) is 0 Å². The van der Waals surface area contributed by atoms with Gasteiger partial charge >= 0.3 is 0 Å². The number of hydrogen-bond donors (Lipinski definition) is 3. The number of fused-ring (bicyclic) bond motifs is 2. The van der Waals surface area contributed by atoms with Crippen molar-refractivity contribution in [2.45, 2.75) is 12.5 Å². The molecule has 1 aliphatic heterocycles. The monoisotopic (exact) mass is 347 g/mol. The third kappa shape index (κ3) is 2.30. The molecule has 3 aromatic heterocycles. The van der Waals surface area contributed by atoms with Gasteiger partial charge in [-0.3, -0.25) is 9.89 Å². The second-order valence-corrected chi connectivity index (χ2v) is 6.98. The Hall–Kier alpha value is -3.42. The first kappa shape index (κ1) is 14.9. The summed E-state index contributed by atoms with van der Waals surface area (Å²) in [6.45, 7) is 3.45. The first-order valence-corrected chi connectivity index (χ1v) is 8.40. The summed E-state index contributed by atoms with van der Waals surface area (Å²) in [6, 6.07) is 7.50. The van der Waals surface area contributed by atoms with Crippen molar-refractivity contribution in [2.24, 2.45) is 0 Å². The molecular formula is C18H17N7O. The number of benzene rings is 1. The number of hydrogen-bond acceptors (Lipinski definition) is 5. The van der Waals surface area contributed by atoms with Gasteiger partial charge in [0.05, 0.1) is 22.6 Å². The van der Waals surface area contributed by atoms with Crippen molar-refractivity contribution in [1.82, 2.24) is 30.5 Å². The molecule has 4 heterocycles. The van der Waals surface area contributed by atoms with Gasteiger partial charge < -0.3 is 15.2 Å². The summed E-state index contributed by atoms with van der Waals surface area (Å²) >= 11 is 0. The van der Waals surface area contributed by atoms with E-state index in [1.807, 2.05) is 37.4 Å². The Labute approximate surface area is 148 Å². The Morgan fingerprint density at radius 1 is 1.27 bits per heavy atom. The summed E-state index contributed by atoms with van der Waals surface area (Å²) in [5.41, 5.74) is 2.08. The lowest BCUT2D eigenvalue weighted by Crippen LogP contribution is -2.69. The van der Waals surface area contributed by atoms with Gasteiger partial charge in [0.2, 0.25) is 0 Å². The Morgan fingerprint density at radius 3 is 3.04 bits per heavy atom. The maximum atomic E-state index is 12.6. The van der Waals surface area contributed by atoms with Crippen LogP contribution in [0.3, 0.4) is 0 Å². The molecule has 0 spiro atoms. The lowest BCUT2D eigenvalue weighted by molar-refractivity contribution is 0.0889. The van der Waals surface area contributed by atoms with Crippen LogP contribution in [-0.4, -0.2) is 49.7 Å². The summed E-state index contributed by atoms with van der Waals surface area (Å²) in [7, 11) is 0. The average Bonchev–Trinajstić information content (AvgIpc) is 3.27. The Balaban J connectivity index is 1.32. The second-order valence-electron chi connectivity index (χ2n) is 6.98. The number of anilines is 1. The molecule has 1 amide bonds. The molecule has 0 aliphatic carbocycles. The number of aromatic nitrogens is 5. The molecule has 130 valence electrons. The van der Waals surface area contributed by atoms with Crippen LogP contribution < -0.4 is 10.2 Å². The summed E-state index contributed by atoms with van der Waals surface area (Å²) < 4.78 is 0. The van der Waals surface area contributed by atoms with E-state index < -0.39 is 0 Å². The third-order valence-electron chi connectivity index (χ3n) is 4.83. The lowest BCUT2D eigenvalue weighted by Gasteiger charge is -2.49. The highest BCUT2D eigenvalue weighted by Gasteiger charge is 2.41. The third-order valence-corrected chi connectivity index (χ3v) is 4.83. The number of amides is 1. The Kier molecular flexibility index (Phi) is 3.03. The largest absolute Gasteiger partial charge is 0.351 e. The fourth-order valence-electron chi connectivity index (χ4n) is 3.57. The van der Waals surface area contributed by atoms with Gasteiger partial charge in [-0.15, -0.1) is 0 Å². The first-order chi connectivity index (χ1) is 12.6. The van der Waals surface area contributed by atoms with Crippen molar-refractivity contribution in [1.29, 1.82) is 0 Å². The van der Waals surface area contributed by atoms with Crippen molar-refractivity contribution in [3.8, 4) is 0 Å². The van der Waals surface area contributed by atoms with Gasteiger partial charge in [0.25, 0.3) is 5.91 Å². The highest BCUT2D eigenvalue weighted by Crippen LogP contribution is 2.30. The van der Waals surface area contributed by atoms with E-state index in [0.29, 0.717) is 18.7 Å². The zero-order valence-corrected chi connectivity index (χ0v) is 14.2. The molecule has 0 radical (unpaired) electrons. The summed E-state index contributed by atoms with van der Waals surface area (Å²) in [5, 5.41) is 11.9. The molecule has 0 unspecified atom stereocenters. The molecule has 5 rings (SSSR count). The quantitative estimate of drug-likeness (QED) is 0.525. The zero-order valence-electron chi connectivity index (χ0n) is 14.2. The molecule has 8 heteroatoms. The molecule has 0 bridgehead atoms. The van der Waals surface area contributed by atoms with Gasteiger partial charge in [-0.25, -0.2) is 9.97 Å². The molecule has 0 atom stereocenters. The van der Waals surface area contributed by atoms with Crippen LogP contribution in [0.2, 0.25) is 0 Å². The molecule has 0 saturated carbocycles. The zero-order chi connectivity index (χ0) is 17.7. The predicted molar refractivity (Wildman–Crippen MR) is 98.1 cm³/mol. The molecule has 8 nitrogen and oxygen atoms in total. The van der Waals surface area contributed by atoms with Gasteiger partial charge in [0.15, 0.2) is 0 Å². The molecule has 1 aliphatic rings. The SMILES string of the molecule is CC1(NC(=O)c2ccc3[nH]ncc3c2)CN(c2ncnc3[nH]ccc23)C1. The smallest absolute Gasteiger partial charge is 0.251 e. The van der Waals surface area contributed by atoms with Crippen molar-refractivity contribution in [2.75, 3.05) is 18.0 Å². The van der Waals surface area contributed by atoms with Crippen molar-refractivity contribution in [3.05, 3.63) is 48.5 Å². The van der Waals surface area contributed by atoms with E-state index in [1.54, 1.807) is 12.5 Å². The van der Waals surface area contributed by atoms with E-state index in [0.717, 1.165) is 27.8 Å². The van der Waals surface area contributed by atoms with Crippen LogP contribution in [-0.2, 0) is 0 Å². The van der Waals surface area contributed by atoms with E-state index in [-0.39, 0.29) is 11.4 Å². The molecule has 3 N–H and O–H groups in total. The van der Waals surface area contributed by atoms with Crippen LogP contribution in [0.1, 0.15) is 17.3 Å². The van der Waals surface area contributed by atoms with Crippen LogP contribution in [0.4, 0.5) is 5.82 Å². The molecule has 1 aromatic carbocycles. The summed E-state index contributed by atoms with van der Waals surface area (Å²) in [6.07, 6.45) is 5.13. The van der Waals surface area contributed by atoms with Crippen LogP contribution in [0.15, 0.2) is 43.0 Å². The van der Waals surface area contributed by atoms with Gasteiger partial charge in [0, 0.05) is 30.2 Å². The van der Waals surface area contributed by atoms with Gasteiger partial charge in [-0.05, 0) is 31.2 Å². The topological polar surface area (TPSA) is 103 Å². The molecule has 4 aromatic rings. The number of carbonyl (C=O) groups excluding carboxylic acids is 1. The number of aromatic amines is 2. The fraction of sp³-hybridized carbons (Fsp3) is 0.222. The number of nitrogens with zero attached hydrogens (tertiary/aromatic N) is 4. The normalized spacial score (nSPS) is 16.0. The highest BCUT2D eigenvalue weighted by molar-refractivity contribution is 5.98. The minimum Gasteiger partial charge on any atom is -0.351 e. The van der Waals surface area contributed by atoms with Crippen LogP contribution in [0.5, 0.6) is 0 Å². The van der Waals surface area contributed by atoms with E-state index >= 15 is 0 Å². The van der Waals surface area contributed by atoms with E-state index in [9.17, 15) is 4.79 Å². The van der Waals surface area contributed by atoms with Crippen LogP contribution >= 0.6 is 0 Å². The van der Waals surface area contributed by atoms with E-state index in [1.165, 1.54) is 0 Å². The highest BCUT2D eigenvalue weighted by atomic mass is 16.1. The Bertz CT molecular complexity index is 1120. The Morgan fingerprint density at radius 2 is 2.15 bits per heavy atom. The molecule has 1 fully saturated rings. The number of rotatable bonds is 3. The second kappa shape index (κ2) is 5.29. The van der Waals surface area contributed by atoms with E-state index in [4.69, 9.17) is 0 Å². The minimum atomic E-state index is -0.296. The number of nitrogens with one attached hydrogen (secondary N) is 3. The van der Waals surface area contributed by atoms with Gasteiger partial charge in [-0.1, -0.05) is 0 Å². The van der Waals surface area contributed by atoms with Gasteiger partial charge in [0.1, 0.15) is 17.8 Å². The summed E-state index contributed by atoms with van der Waals surface area (Å²) in [5.74, 6) is 0.813. The van der Waals surface area contributed by atoms with Crippen LogP contribution in [0, 0.1) is 0 Å². The molecular weight excluding hydrogens is 330 g/mol. The van der Waals surface area contributed by atoms with Gasteiger partial charge in [-0.2, -0.15) is 5.10 Å². The standard InChI is InChI=1S/C18H17N7O/c1-18(23-17(26)11-2-3-14-12(6-11)7-22-24-14)8-25(9-18)16-13-4-5-19-15(13)20-10-21-16/h2-7,10H,8-9H2,1H3,(H,22,24)(H,23,26)(H,19,20,21). The first-order valence-electron chi connectivity index (χ1n) is 8.40. The summed E-state index contributed by atoms with van der Waals surface area (Å²) in [4.78, 5) is 26.5. The van der Waals surface area contributed by atoms with Crippen molar-refractivity contribution >= 4 is 33.7 Å². The maximum absolute atomic E-state index is 12.6. The minimum absolute atomic E-state index is 0.0790. The van der Waals surface area contributed by atoms with Crippen LogP contribution in [0.25, 0.3) is 21.9 Å². The average molecular weight is 347 g/mol. The van der Waals surface area contributed by atoms with E-state index in [2.05, 4.69) is 35.4 Å².